The van der Waals surface area contributed by atoms with Gasteiger partial charge in [-0.05, 0) is 50.5 Å². The van der Waals surface area contributed by atoms with E-state index in [9.17, 15) is 24.0 Å². The van der Waals surface area contributed by atoms with Gasteiger partial charge in [-0.3, -0.25) is 24.0 Å². The fraction of sp³-hybridized carbons (Fsp3) is 0.621. The van der Waals surface area contributed by atoms with E-state index in [4.69, 9.17) is 4.74 Å². The molecule has 3 aliphatic heterocycles. The van der Waals surface area contributed by atoms with Gasteiger partial charge in [0.2, 0.25) is 23.6 Å². The van der Waals surface area contributed by atoms with Crippen LogP contribution >= 0.6 is 0 Å². The van der Waals surface area contributed by atoms with Crippen LogP contribution in [0, 0.1) is 5.92 Å². The fourth-order valence-electron chi connectivity index (χ4n) is 5.68. The van der Waals surface area contributed by atoms with Gasteiger partial charge >= 0.3 is 0 Å². The van der Waals surface area contributed by atoms with Crippen molar-refractivity contribution in [1.82, 2.24) is 25.8 Å². The third-order valence-electron chi connectivity index (χ3n) is 7.80. The molecule has 0 unspecified atom stereocenters. The molecule has 3 aliphatic rings. The van der Waals surface area contributed by atoms with Gasteiger partial charge in [0.25, 0.3) is 5.91 Å². The number of nitrogens with one attached hydrogen (secondary N) is 3. The van der Waals surface area contributed by atoms with Gasteiger partial charge in [-0.25, -0.2) is 0 Å². The first-order chi connectivity index (χ1) is 19.1. The summed E-state index contributed by atoms with van der Waals surface area (Å²) in [6.07, 6.45) is 2.18. The van der Waals surface area contributed by atoms with Crippen molar-refractivity contribution in [2.75, 3.05) is 26.2 Å². The third kappa shape index (κ3) is 7.18. The van der Waals surface area contributed by atoms with Crippen molar-refractivity contribution in [3.63, 3.8) is 0 Å². The molecule has 40 heavy (non-hydrogen) atoms. The van der Waals surface area contributed by atoms with Crippen molar-refractivity contribution >= 4 is 29.5 Å². The number of benzene rings is 1. The van der Waals surface area contributed by atoms with Gasteiger partial charge in [0.15, 0.2) is 0 Å². The van der Waals surface area contributed by atoms with Crippen LogP contribution in [0.1, 0.15) is 52.0 Å². The molecule has 5 amide bonds. The number of ether oxygens (including phenoxy) is 1. The van der Waals surface area contributed by atoms with Crippen LogP contribution in [0.3, 0.4) is 0 Å². The number of rotatable bonds is 4. The maximum atomic E-state index is 13.6. The summed E-state index contributed by atoms with van der Waals surface area (Å²) in [7, 11) is 0. The van der Waals surface area contributed by atoms with Crippen molar-refractivity contribution in [3.8, 4) is 0 Å². The van der Waals surface area contributed by atoms with Gasteiger partial charge in [0.05, 0.1) is 12.6 Å². The molecule has 1 aromatic rings. The van der Waals surface area contributed by atoms with Crippen LogP contribution in [0.15, 0.2) is 30.3 Å². The van der Waals surface area contributed by atoms with Crippen molar-refractivity contribution in [2.24, 2.45) is 5.92 Å². The molecule has 11 nitrogen and oxygen atoms in total. The van der Waals surface area contributed by atoms with E-state index >= 15 is 0 Å². The first-order valence-corrected chi connectivity index (χ1v) is 14.3. The molecule has 0 aromatic heterocycles. The standard InChI is InChI=1S/C29H41N5O6/c1-18(2)25-27(37)31-21(15-20-9-5-4-6-10-20)16-33(29(39)23-12-8-14-40-23)17-24(35)30-19(3)28(38)34-13-7-11-22(34)26(36)32-25/h4-6,9-10,18-19,21-23,25H,7-8,11-17H2,1-3H3,(H,30,35)(H,31,37)(H,32,36)/t19-,21-,22+,23+,25-/m0/s1. The van der Waals surface area contributed by atoms with Crippen LogP contribution in [0.2, 0.25) is 0 Å². The van der Waals surface area contributed by atoms with Crippen LogP contribution in [0.4, 0.5) is 0 Å². The van der Waals surface area contributed by atoms with Gasteiger partial charge in [0, 0.05) is 19.7 Å². The monoisotopic (exact) mass is 555 g/mol. The molecule has 0 bridgehead atoms. The summed E-state index contributed by atoms with van der Waals surface area (Å²) in [6.45, 7) is 5.91. The SMILES string of the molecule is CC(C)[C@@H]1NC(=O)[C@H]2CCCN2C(=O)[C@H](C)NC(=O)CN(C(=O)[C@H]2CCCO2)C[C@H](Cc2ccccc2)NC1=O. The van der Waals surface area contributed by atoms with Gasteiger partial charge in [-0.15, -0.1) is 0 Å². The maximum absolute atomic E-state index is 13.6. The van der Waals surface area contributed by atoms with E-state index < -0.39 is 36.2 Å². The summed E-state index contributed by atoms with van der Waals surface area (Å²) >= 11 is 0. The molecule has 0 radical (unpaired) electrons. The number of hydrogen-bond acceptors (Lipinski definition) is 6. The highest BCUT2D eigenvalue weighted by molar-refractivity contribution is 5.95. The van der Waals surface area contributed by atoms with Crippen molar-refractivity contribution in [2.45, 2.75) is 83.1 Å². The summed E-state index contributed by atoms with van der Waals surface area (Å²) in [6, 6.07) is 6.58. The zero-order valence-corrected chi connectivity index (χ0v) is 23.6. The second kappa shape index (κ2) is 13.3. The Kier molecular flexibility index (Phi) is 9.78. The van der Waals surface area contributed by atoms with Gasteiger partial charge in [-0.1, -0.05) is 44.2 Å². The first-order valence-electron chi connectivity index (χ1n) is 14.3. The lowest BCUT2D eigenvalue weighted by Gasteiger charge is -2.31. The normalized spacial score (nSPS) is 28.9. The smallest absolute Gasteiger partial charge is 0.252 e. The van der Waals surface area contributed by atoms with E-state index in [0.29, 0.717) is 38.8 Å². The molecule has 0 saturated carbocycles. The summed E-state index contributed by atoms with van der Waals surface area (Å²) in [5, 5.41) is 8.65. The maximum Gasteiger partial charge on any atom is 0.252 e. The Labute approximate surface area is 235 Å². The lowest BCUT2D eigenvalue weighted by atomic mass is 10.00. The van der Waals surface area contributed by atoms with Crippen LogP contribution < -0.4 is 16.0 Å². The molecular formula is C29H41N5O6. The highest BCUT2D eigenvalue weighted by Crippen LogP contribution is 2.20. The summed E-state index contributed by atoms with van der Waals surface area (Å²) in [4.78, 5) is 69.8. The number of carbonyl (C=O) groups excluding carboxylic acids is 5. The van der Waals surface area contributed by atoms with E-state index in [2.05, 4.69) is 16.0 Å². The highest BCUT2D eigenvalue weighted by Gasteiger charge is 2.39. The average molecular weight is 556 g/mol. The molecule has 1 aromatic carbocycles. The molecule has 3 heterocycles. The van der Waals surface area contributed by atoms with E-state index in [1.54, 1.807) is 6.92 Å². The van der Waals surface area contributed by atoms with E-state index in [0.717, 1.165) is 12.0 Å². The van der Waals surface area contributed by atoms with Crippen molar-refractivity contribution in [1.29, 1.82) is 0 Å². The predicted molar refractivity (Wildman–Crippen MR) is 147 cm³/mol. The predicted octanol–water partition coefficient (Wildman–Crippen LogP) is 0.372. The minimum Gasteiger partial charge on any atom is -0.368 e. The van der Waals surface area contributed by atoms with E-state index in [1.165, 1.54) is 9.80 Å². The lowest BCUT2D eigenvalue weighted by Crippen LogP contribution is -2.58. The number of nitrogens with zero attached hydrogens (tertiary/aromatic N) is 2. The Morgan fingerprint density at radius 2 is 1.75 bits per heavy atom. The molecule has 4 rings (SSSR count). The third-order valence-corrected chi connectivity index (χ3v) is 7.80. The quantitative estimate of drug-likeness (QED) is 0.491. The molecule has 5 atom stereocenters. The summed E-state index contributed by atoms with van der Waals surface area (Å²) in [5.41, 5.74) is 0.950. The molecule has 0 aliphatic carbocycles. The van der Waals surface area contributed by atoms with Crippen molar-refractivity contribution < 1.29 is 28.7 Å². The first kappa shape index (κ1) is 29.5. The Bertz CT molecular complexity index is 1090. The van der Waals surface area contributed by atoms with Gasteiger partial charge < -0.3 is 30.5 Å². The second-order valence-corrected chi connectivity index (χ2v) is 11.3. The number of hydrogen-bond donors (Lipinski definition) is 3. The van der Waals surface area contributed by atoms with Crippen LogP contribution in [0.25, 0.3) is 0 Å². The van der Waals surface area contributed by atoms with E-state index in [-0.39, 0.29) is 42.6 Å². The van der Waals surface area contributed by atoms with Gasteiger partial charge in [0.1, 0.15) is 24.2 Å². The Balaban J connectivity index is 1.67. The Hall–Kier alpha value is -3.47. The summed E-state index contributed by atoms with van der Waals surface area (Å²) in [5.74, 6) is -2.18. The van der Waals surface area contributed by atoms with Crippen molar-refractivity contribution in [3.05, 3.63) is 35.9 Å². The van der Waals surface area contributed by atoms with Crippen LogP contribution in [-0.2, 0) is 35.1 Å². The van der Waals surface area contributed by atoms with Crippen LogP contribution in [-0.4, -0.2) is 95.8 Å². The topological polar surface area (TPSA) is 137 Å². The molecule has 0 spiro atoms. The molecule has 3 N–H and O–H groups in total. The molecular weight excluding hydrogens is 514 g/mol. The second-order valence-electron chi connectivity index (χ2n) is 11.3. The molecule has 3 saturated heterocycles. The molecule has 218 valence electrons. The average Bonchev–Trinajstić information content (AvgIpc) is 3.63. The Morgan fingerprint density at radius 3 is 2.42 bits per heavy atom. The Morgan fingerprint density at radius 1 is 1.00 bits per heavy atom. The lowest BCUT2D eigenvalue weighted by molar-refractivity contribution is -0.145. The van der Waals surface area contributed by atoms with Crippen LogP contribution in [0.5, 0.6) is 0 Å². The number of carbonyl (C=O) groups is 5. The zero-order chi connectivity index (χ0) is 28.8. The molecule has 11 heteroatoms. The number of fused-ring (bicyclic) bond motifs is 1. The zero-order valence-electron chi connectivity index (χ0n) is 23.6. The summed E-state index contributed by atoms with van der Waals surface area (Å²) < 4.78 is 5.63. The fourth-order valence-corrected chi connectivity index (χ4v) is 5.68. The van der Waals surface area contributed by atoms with E-state index in [1.807, 2.05) is 44.2 Å². The van der Waals surface area contributed by atoms with Gasteiger partial charge in [-0.2, -0.15) is 0 Å². The minimum absolute atomic E-state index is 0.0581. The highest BCUT2D eigenvalue weighted by atomic mass is 16.5. The molecule has 3 fully saturated rings. The minimum atomic E-state index is -0.883. The largest absolute Gasteiger partial charge is 0.368 e. The number of amides is 5.